The van der Waals surface area contributed by atoms with Gasteiger partial charge in [-0.15, -0.1) is 0 Å². The molecule has 5 aliphatic rings. The molecule has 1 heterocycles. The van der Waals surface area contributed by atoms with E-state index in [4.69, 9.17) is 0 Å². The molecule has 0 aromatic carbocycles. The number of nitrogens with one attached hydrogen (secondary N) is 1. The summed E-state index contributed by atoms with van der Waals surface area (Å²) in [6.45, 7) is 4.06. The Morgan fingerprint density at radius 3 is 2.89 bits per heavy atom. The molecule has 1 saturated heterocycles. The second kappa shape index (κ2) is 3.50. The van der Waals surface area contributed by atoms with Gasteiger partial charge in [0.1, 0.15) is 0 Å². The van der Waals surface area contributed by atoms with E-state index in [9.17, 15) is 9.90 Å². The first-order chi connectivity index (χ1) is 8.63. The maximum Gasteiger partial charge on any atom is 0.308 e. The third-order valence-electron chi connectivity index (χ3n) is 6.98. The highest BCUT2D eigenvalue weighted by Gasteiger charge is 2.65. The van der Waals surface area contributed by atoms with Crippen molar-refractivity contribution in [1.29, 1.82) is 0 Å². The van der Waals surface area contributed by atoms with Crippen LogP contribution in [0.15, 0.2) is 0 Å². The smallest absolute Gasteiger partial charge is 0.308 e. The van der Waals surface area contributed by atoms with E-state index in [-0.39, 0.29) is 11.3 Å². The molecule has 1 spiro atoms. The number of hydrogen-bond donors (Lipinski definition) is 2. The lowest BCUT2D eigenvalue weighted by Crippen LogP contribution is -2.60. The highest BCUT2D eigenvalue weighted by atomic mass is 16.4. The molecule has 2 N–H and O–H groups in total. The van der Waals surface area contributed by atoms with Gasteiger partial charge in [0.05, 0.1) is 5.92 Å². The number of carbonyl (C=O) groups is 1. The molecule has 0 aromatic heterocycles. The van der Waals surface area contributed by atoms with E-state index in [1.807, 2.05) is 0 Å². The van der Waals surface area contributed by atoms with Crippen LogP contribution in [0.2, 0.25) is 0 Å². The van der Waals surface area contributed by atoms with Crippen molar-refractivity contribution in [3.63, 3.8) is 0 Å². The fraction of sp³-hybridized carbons (Fsp3) is 0.933. The summed E-state index contributed by atoms with van der Waals surface area (Å²) in [4.78, 5) is 11.7. The SMILES string of the molecule is CC1C2CC3CC(C2)C2(CNCC2C(=O)O)C1C3. The van der Waals surface area contributed by atoms with Crippen molar-refractivity contribution in [3.05, 3.63) is 0 Å². The maximum absolute atomic E-state index is 11.7. The predicted molar refractivity (Wildman–Crippen MR) is 68.0 cm³/mol. The van der Waals surface area contributed by atoms with Gasteiger partial charge in [-0.1, -0.05) is 6.92 Å². The summed E-state index contributed by atoms with van der Waals surface area (Å²) < 4.78 is 0. The highest BCUT2D eigenvalue weighted by molar-refractivity contribution is 5.72. The van der Waals surface area contributed by atoms with Crippen molar-refractivity contribution in [2.24, 2.45) is 40.9 Å². The zero-order chi connectivity index (χ0) is 12.5. The molecule has 5 rings (SSSR count). The molecule has 7 unspecified atom stereocenters. The van der Waals surface area contributed by atoms with Crippen LogP contribution in [-0.4, -0.2) is 24.2 Å². The first-order valence-electron chi connectivity index (χ1n) is 7.56. The molecule has 5 fully saturated rings. The molecule has 4 saturated carbocycles. The molecule has 4 bridgehead atoms. The molecule has 1 aliphatic heterocycles. The van der Waals surface area contributed by atoms with Crippen LogP contribution in [0, 0.1) is 40.9 Å². The van der Waals surface area contributed by atoms with Gasteiger partial charge < -0.3 is 10.4 Å². The van der Waals surface area contributed by atoms with Crippen LogP contribution in [0.4, 0.5) is 0 Å². The highest BCUT2D eigenvalue weighted by Crippen LogP contribution is 2.67. The fourth-order valence-corrected chi connectivity index (χ4v) is 6.34. The quantitative estimate of drug-likeness (QED) is 0.747. The first-order valence-corrected chi connectivity index (χ1v) is 7.56. The fourth-order valence-electron chi connectivity index (χ4n) is 6.34. The predicted octanol–water partition coefficient (Wildman–Crippen LogP) is 1.98. The molecule has 0 aromatic rings. The van der Waals surface area contributed by atoms with Gasteiger partial charge in [0.25, 0.3) is 0 Å². The van der Waals surface area contributed by atoms with Crippen LogP contribution in [0.1, 0.15) is 32.6 Å². The standard InChI is InChI=1S/C15H23NO2/c1-8-10-2-9-3-11(5-10)15(12(8)4-9)7-16-6-13(15)14(17)18/h8-13,16H,2-7H2,1H3,(H,17,18). The van der Waals surface area contributed by atoms with Crippen LogP contribution in [0.5, 0.6) is 0 Å². The van der Waals surface area contributed by atoms with Crippen molar-refractivity contribution >= 4 is 5.97 Å². The molecular weight excluding hydrogens is 226 g/mol. The number of rotatable bonds is 1. The van der Waals surface area contributed by atoms with Crippen molar-refractivity contribution in [2.75, 3.05) is 13.1 Å². The lowest BCUT2D eigenvalue weighted by molar-refractivity contribution is -0.174. The van der Waals surface area contributed by atoms with E-state index in [0.717, 1.165) is 24.3 Å². The molecule has 18 heavy (non-hydrogen) atoms. The third kappa shape index (κ3) is 1.17. The number of aliphatic carboxylic acids is 1. The Morgan fingerprint density at radius 2 is 2.11 bits per heavy atom. The molecule has 0 radical (unpaired) electrons. The lowest BCUT2D eigenvalue weighted by atomic mass is 9.40. The van der Waals surface area contributed by atoms with Crippen LogP contribution < -0.4 is 5.32 Å². The second-order valence-corrected chi connectivity index (χ2v) is 7.37. The summed E-state index contributed by atoms with van der Waals surface area (Å²) in [6.07, 6.45) is 5.35. The van der Waals surface area contributed by atoms with E-state index >= 15 is 0 Å². The van der Waals surface area contributed by atoms with Gasteiger partial charge in [-0.25, -0.2) is 0 Å². The number of carboxylic acid groups (broad SMARTS) is 1. The molecule has 3 nitrogen and oxygen atoms in total. The van der Waals surface area contributed by atoms with E-state index in [2.05, 4.69) is 12.2 Å². The van der Waals surface area contributed by atoms with Crippen molar-refractivity contribution in [1.82, 2.24) is 5.32 Å². The Balaban J connectivity index is 1.78. The monoisotopic (exact) mass is 249 g/mol. The summed E-state index contributed by atoms with van der Waals surface area (Å²) in [5.41, 5.74) is 0.0959. The minimum absolute atomic E-state index is 0.0959. The molecule has 4 aliphatic carbocycles. The van der Waals surface area contributed by atoms with E-state index < -0.39 is 5.97 Å². The lowest BCUT2D eigenvalue weighted by Gasteiger charge is -2.64. The molecular formula is C15H23NO2. The Bertz CT molecular complexity index is 396. The van der Waals surface area contributed by atoms with Gasteiger partial charge in [-0.05, 0) is 55.3 Å². The Hall–Kier alpha value is -0.570. The minimum Gasteiger partial charge on any atom is -0.481 e. The van der Waals surface area contributed by atoms with Crippen molar-refractivity contribution < 1.29 is 9.90 Å². The molecule has 3 heteroatoms. The Kier molecular flexibility index (Phi) is 2.19. The van der Waals surface area contributed by atoms with Gasteiger partial charge in [-0.2, -0.15) is 0 Å². The van der Waals surface area contributed by atoms with Crippen molar-refractivity contribution in [3.8, 4) is 0 Å². The average molecular weight is 249 g/mol. The minimum atomic E-state index is -0.556. The van der Waals surface area contributed by atoms with Crippen LogP contribution in [-0.2, 0) is 4.79 Å². The maximum atomic E-state index is 11.7. The summed E-state index contributed by atoms with van der Waals surface area (Å²) in [5.74, 6) is 3.23. The zero-order valence-corrected chi connectivity index (χ0v) is 11.1. The molecule has 7 atom stereocenters. The first kappa shape index (κ1) is 11.3. The van der Waals surface area contributed by atoms with E-state index in [1.54, 1.807) is 0 Å². The largest absolute Gasteiger partial charge is 0.481 e. The van der Waals surface area contributed by atoms with E-state index in [1.165, 1.54) is 25.7 Å². The molecule has 0 amide bonds. The van der Waals surface area contributed by atoms with Gasteiger partial charge in [0.2, 0.25) is 0 Å². The Morgan fingerprint density at radius 1 is 1.28 bits per heavy atom. The number of carboxylic acids is 1. The number of hydrogen-bond acceptors (Lipinski definition) is 2. The van der Waals surface area contributed by atoms with Gasteiger partial charge >= 0.3 is 5.97 Å². The van der Waals surface area contributed by atoms with Crippen LogP contribution in [0.25, 0.3) is 0 Å². The van der Waals surface area contributed by atoms with Gasteiger partial charge in [0.15, 0.2) is 0 Å². The summed E-state index contributed by atoms with van der Waals surface area (Å²) in [5, 5.41) is 13.0. The van der Waals surface area contributed by atoms with Gasteiger partial charge in [0, 0.05) is 18.5 Å². The van der Waals surface area contributed by atoms with Crippen molar-refractivity contribution in [2.45, 2.75) is 32.6 Å². The summed E-state index contributed by atoms with van der Waals surface area (Å²) >= 11 is 0. The zero-order valence-electron chi connectivity index (χ0n) is 11.1. The molecule has 100 valence electrons. The topological polar surface area (TPSA) is 49.3 Å². The summed E-state index contributed by atoms with van der Waals surface area (Å²) in [7, 11) is 0. The summed E-state index contributed by atoms with van der Waals surface area (Å²) in [6, 6.07) is 0. The van der Waals surface area contributed by atoms with Gasteiger partial charge in [-0.3, -0.25) is 4.79 Å². The average Bonchev–Trinajstić information content (AvgIpc) is 2.77. The second-order valence-electron chi connectivity index (χ2n) is 7.37. The van der Waals surface area contributed by atoms with Crippen LogP contribution >= 0.6 is 0 Å². The Labute approximate surface area is 108 Å². The third-order valence-corrected chi connectivity index (χ3v) is 6.98. The van der Waals surface area contributed by atoms with E-state index in [0.29, 0.717) is 18.4 Å². The van der Waals surface area contributed by atoms with Crippen LogP contribution in [0.3, 0.4) is 0 Å². The normalized spacial score (nSPS) is 57.4.